The number of carboxylic acid groups (broad SMARTS) is 1. The SMILES string of the molecule is C[NH+](C)CCCOc1c(Cl)ccc(Cl)c1C(=O)[O-]. The second-order valence-electron chi connectivity index (χ2n) is 4.18. The van der Waals surface area contributed by atoms with Crippen LogP contribution >= 0.6 is 23.2 Å². The number of benzene rings is 1. The molecule has 6 heteroatoms. The van der Waals surface area contributed by atoms with Gasteiger partial charge in [-0.15, -0.1) is 0 Å². The predicted octanol–water partition coefficient (Wildman–Crippen LogP) is 0.270. The van der Waals surface area contributed by atoms with Crippen LogP contribution in [0.2, 0.25) is 10.0 Å². The molecule has 0 amide bonds. The first-order chi connectivity index (χ1) is 8.43. The second kappa shape index (κ2) is 6.83. The molecule has 1 N–H and O–H groups in total. The lowest BCUT2D eigenvalue weighted by atomic mass is 10.2. The summed E-state index contributed by atoms with van der Waals surface area (Å²) in [4.78, 5) is 12.3. The van der Waals surface area contributed by atoms with Crippen molar-refractivity contribution in [1.82, 2.24) is 0 Å². The fraction of sp³-hybridized carbons (Fsp3) is 0.417. The van der Waals surface area contributed by atoms with E-state index in [2.05, 4.69) is 0 Å². The first kappa shape index (κ1) is 15.1. The van der Waals surface area contributed by atoms with Crippen molar-refractivity contribution in [2.75, 3.05) is 27.2 Å². The van der Waals surface area contributed by atoms with Gasteiger partial charge in [-0.25, -0.2) is 0 Å². The van der Waals surface area contributed by atoms with Crippen LogP contribution in [0.25, 0.3) is 0 Å². The third kappa shape index (κ3) is 4.05. The summed E-state index contributed by atoms with van der Waals surface area (Å²) in [5, 5.41) is 11.3. The number of carboxylic acids is 1. The molecule has 0 aliphatic rings. The van der Waals surface area contributed by atoms with Gasteiger partial charge in [-0.2, -0.15) is 0 Å². The van der Waals surface area contributed by atoms with Crippen LogP contribution in [0.4, 0.5) is 0 Å². The number of ether oxygens (including phenoxy) is 1. The molecule has 0 saturated carbocycles. The molecule has 0 radical (unpaired) electrons. The van der Waals surface area contributed by atoms with E-state index in [0.717, 1.165) is 13.0 Å². The van der Waals surface area contributed by atoms with Crippen molar-refractivity contribution in [3.63, 3.8) is 0 Å². The Kier molecular flexibility index (Phi) is 5.72. The van der Waals surface area contributed by atoms with E-state index in [1.165, 1.54) is 17.0 Å². The summed E-state index contributed by atoms with van der Waals surface area (Å²) in [6.07, 6.45) is 0.789. The van der Waals surface area contributed by atoms with Crippen LogP contribution in [0.5, 0.6) is 5.75 Å². The largest absolute Gasteiger partial charge is 0.545 e. The van der Waals surface area contributed by atoms with Crippen molar-refractivity contribution in [1.29, 1.82) is 0 Å². The van der Waals surface area contributed by atoms with Gasteiger partial charge in [-0.3, -0.25) is 0 Å². The Balaban J connectivity index is 2.80. The van der Waals surface area contributed by atoms with E-state index in [0.29, 0.717) is 6.61 Å². The number of hydrogen-bond donors (Lipinski definition) is 1. The first-order valence-electron chi connectivity index (χ1n) is 5.54. The van der Waals surface area contributed by atoms with Gasteiger partial charge in [0.2, 0.25) is 0 Å². The quantitative estimate of drug-likeness (QED) is 0.766. The highest BCUT2D eigenvalue weighted by Gasteiger charge is 2.14. The molecule has 0 heterocycles. The Morgan fingerprint density at radius 2 is 1.94 bits per heavy atom. The second-order valence-corrected chi connectivity index (χ2v) is 4.99. The smallest absolute Gasteiger partial charge is 0.148 e. The Morgan fingerprint density at radius 1 is 1.33 bits per heavy atom. The van der Waals surface area contributed by atoms with Crippen molar-refractivity contribution in [2.45, 2.75) is 6.42 Å². The van der Waals surface area contributed by atoms with Gasteiger partial charge in [0.05, 0.1) is 48.8 Å². The van der Waals surface area contributed by atoms with Crippen LogP contribution in [0.1, 0.15) is 16.8 Å². The maximum absolute atomic E-state index is 11.0. The summed E-state index contributed by atoms with van der Waals surface area (Å²) in [5.41, 5.74) is -0.193. The van der Waals surface area contributed by atoms with E-state index in [1.807, 2.05) is 14.1 Å². The lowest BCUT2D eigenvalue weighted by Gasteiger charge is -2.15. The van der Waals surface area contributed by atoms with Crippen molar-refractivity contribution in [2.24, 2.45) is 0 Å². The number of quaternary nitrogens is 1. The average Bonchev–Trinajstić information content (AvgIpc) is 2.27. The molecular weight excluding hydrogens is 277 g/mol. The maximum atomic E-state index is 11.0. The molecule has 1 rings (SSSR count). The topological polar surface area (TPSA) is 53.8 Å². The molecule has 0 aliphatic carbocycles. The van der Waals surface area contributed by atoms with Gasteiger partial charge in [0, 0.05) is 6.42 Å². The zero-order valence-electron chi connectivity index (χ0n) is 10.3. The molecular formula is C12H15Cl2NO3. The normalized spacial score (nSPS) is 10.7. The van der Waals surface area contributed by atoms with Gasteiger partial charge in [-0.1, -0.05) is 23.2 Å². The fourth-order valence-corrected chi connectivity index (χ4v) is 1.90. The number of rotatable bonds is 6. The zero-order chi connectivity index (χ0) is 13.7. The molecule has 0 unspecified atom stereocenters. The van der Waals surface area contributed by atoms with Crippen molar-refractivity contribution >= 4 is 29.2 Å². The summed E-state index contributed by atoms with van der Waals surface area (Å²) < 4.78 is 5.41. The van der Waals surface area contributed by atoms with E-state index in [9.17, 15) is 9.90 Å². The summed E-state index contributed by atoms with van der Waals surface area (Å²) in [6, 6.07) is 2.91. The molecule has 0 atom stereocenters. The number of carbonyl (C=O) groups is 1. The van der Waals surface area contributed by atoms with Crippen LogP contribution in [-0.4, -0.2) is 33.2 Å². The van der Waals surface area contributed by atoms with E-state index < -0.39 is 5.97 Å². The summed E-state index contributed by atoms with van der Waals surface area (Å²) in [5.74, 6) is -1.31. The first-order valence-corrected chi connectivity index (χ1v) is 6.30. The zero-order valence-corrected chi connectivity index (χ0v) is 11.8. The van der Waals surface area contributed by atoms with Crippen LogP contribution in [0.15, 0.2) is 12.1 Å². The average molecular weight is 292 g/mol. The standard InChI is InChI=1S/C12H15Cl2NO3/c1-15(2)6-3-7-18-11-9(14)5-4-8(13)10(11)12(16)17/h4-5H,3,6-7H2,1-2H3,(H,16,17). The molecule has 0 spiro atoms. The number of aromatic carboxylic acids is 1. The van der Waals surface area contributed by atoms with E-state index in [-0.39, 0.29) is 21.4 Å². The minimum atomic E-state index is -1.39. The van der Waals surface area contributed by atoms with E-state index in [1.54, 1.807) is 0 Å². The van der Waals surface area contributed by atoms with Gasteiger partial charge in [-0.05, 0) is 12.1 Å². The van der Waals surface area contributed by atoms with Gasteiger partial charge < -0.3 is 19.5 Å². The van der Waals surface area contributed by atoms with Crippen molar-refractivity contribution in [3.8, 4) is 5.75 Å². The fourth-order valence-electron chi connectivity index (χ4n) is 1.46. The minimum absolute atomic E-state index is 0.0626. The third-order valence-electron chi connectivity index (χ3n) is 2.33. The van der Waals surface area contributed by atoms with E-state index >= 15 is 0 Å². The Morgan fingerprint density at radius 3 is 2.50 bits per heavy atom. The Labute approximate surface area is 116 Å². The highest BCUT2D eigenvalue weighted by atomic mass is 35.5. The number of hydrogen-bond acceptors (Lipinski definition) is 3. The lowest BCUT2D eigenvalue weighted by Crippen LogP contribution is -3.05. The molecule has 0 saturated heterocycles. The lowest BCUT2D eigenvalue weighted by molar-refractivity contribution is -0.858. The maximum Gasteiger partial charge on any atom is 0.148 e. The monoisotopic (exact) mass is 291 g/mol. The van der Waals surface area contributed by atoms with Crippen molar-refractivity contribution in [3.05, 3.63) is 27.7 Å². The van der Waals surface area contributed by atoms with Crippen LogP contribution in [0, 0.1) is 0 Å². The molecule has 100 valence electrons. The summed E-state index contributed by atoms with van der Waals surface area (Å²) in [6.45, 7) is 1.30. The Bertz CT molecular complexity index is 436. The molecule has 0 aromatic heterocycles. The molecule has 1 aromatic rings. The van der Waals surface area contributed by atoms with Gasteiger partial charge in [0.1, 0.15) is 5.75 Å². The van der Waals surface area contributed by atoms with Gasteiger partial charge in [0.15, 0.2) is 0 Å². The molecule has 1 aromatic carbocycles. The molecule has 0 aliphatic heterocycles. The van der Waals surface area contributed by atoms with Crippen molar-refractivity contribution < 1.29 is 19.5 Å². The number of nitrogens with one attached hydrogen (secondary N) is 1. The summed E-state index contributed by atoms with van der Waals surface area (Å²) >= 11 is 11.7. The van der Waals surface area contributed by atoms with Crippen LogP contribution in [0.3, 0.4) is 0 Å². The highest BCUT2D eigenvalue weighted by Crippen LogP contribution is 2.33. The Hall–Kier alpha value is -0.970. The molecule has 0 fully saturated rings. The molecule has 0 bridgehead atoms. The van der Waals surface area contributed by atoms with Gasteiger partial charge in [0.25, 0.3) is 0 Å². The summed E-state index contributed by atoms with van der Waals surface area (Å²) in [7, 11) is 4.05. The number of carbonyl (C=O) groups excluding carboxylic acids is 1. The predicted molar refractivity (Wildman–Crippen MR) is 68.6 cm³/mol. The molecule has 18 heavy (non-hydrogen) atoms. The van der Waals surface area contributed by atoms with Gasteiger partial charge >= 0.3 is 0 Å². The number of halogens is 2. The minimum Gasteiger partial charge on any atom is -0.545 e. The van der Waals surface area contributed by atoms with Crippen LogP contribution < -0.4 is 14.7 Å². The van der Waals surface area contributed by atoms with E-state index in [4.69, 9.17) is 27.9 Å². The third-order valence-corrected chi connectivity index (χ3v) is 2.94. The highest BCUT2D eigenvalue weighted by molar-refractivity contribution is 6.36. The van der Waals surface area contributed by atoms with Crippen LogP contribution in [-0.2, 0) is 0 Å². The molecule has 4 nitrogen and oxygen atoms in total.